The van der Waals surface area contributed by atoms with Crippen molar-refractivity contribution in [2.24, 2.45) is 5.92 Å². The summed E-state index contributed by atoms with van der Waals surface area (Å²) >= 11 is 0. The molecule has 0 radical (unpaired) electrons. The number of hydrogen-bond acceptors (Lipinski definition) is 2. The van der Waals surface area contributed by atoms with Crippen LogP contribution in [0.3, 0.4) is 0 Å². The third-order valence-corrected chi connectivity index (χ3v) is 4.46. The Bertz CT molecular complexity index is 1090. The Balaban J connectivity index is 1.86. The number of carbonyl (C=O) groups is 1. The molecule has 0 fully saturated rings. The predicted octanol–water partition coefficient (Wildman–Crippen LogP) is 6.10. The molecule has 0 N–H and O–H groups in total. The number of ether oxygens (including phenoxy) is 1. The second-order valence-electron chi connectivity index (χ2n) is 6.95. The van der Waals surface area contributed by atoms with Crippen LogP contribution in [0.2, 0.25) is 0 Å². The van der Waals surface area contributed by atoms with Crippen molar-refractivity contribution in [3.63, 3.8) is 0 Å². The van der Waals surface area contributed by atoms with Crippen LogP contribution in [0.5, 0.6) is 5.75 Å². The van der Waals surface area contributed by atoms with Gasteiger partial charge in [-0.3, -0.25) is 4.79 Å². The lowest BCUT2D eigenvalue weighted by Crippen LogP contribution is -2.10. The zero-order valence-electron chi connectivity index (χ0n) is 14.5. The first-order chi connectivity index (χ1) is 12.1. The number of carbonyl (C=O) groups excluding carboxylic acids is 1. The largest absolute Gasteiger partial charge is 0.426 e. The summed E-state index contributed by atoms with van der Waals surface area (Å²) in [4.78, 5) is 12.1. The molecule has 4 aromatic carbocycles. The molecule has 0 unspecified atom stereocenters. The van der Waals surface area contributed by atoms with Gasteiger partial charge in [-0.15, -0.1) is 0 Å². The number of rotatable bonds is 3. The van der Waals surface area contributed by atoms with Crippen LogP contribution in [0.1, 0.15) is 20.3 Å². The van der Waals surface area contributed by atoms with E-state index in [1.165, 1.54) is 16.2 Å². The minimum atomic E-state index is -0.180. The van der Waals surface area contributed by atoms with Gasteiger partial charge in [-0.1, -0.05) is 50.2 Å². The van der Waals surface area contributed by atoms with Crippen LogP contribution >= 0.6 is 0 Å². The molecule has 124 valence electrons. The maximum Gasteiger partial charge on any atom is 0.311 e. The first kappa shape index (κ1) is 15.6. The summed E-state index contributed by atoms with van der Waals surface area (Å²) < 4.78 is 5.64. The van der Waals surface area contributed by atoms with Gasteiger partial charge in [0.2, 0.25) is 0 Å². The number of benzene rings is 4. The van der Waals surface area contributed by atoms with Crippen LogP contribution in [-0.4, -0.2) is 5.97 Å². The van der Waals surface area contributed by atoms with E-state index >= 15 is 0 Å². The van der Waals surface area contributed by atoms with E-state index in [0.717, 1.165) is 16.2 Å². The van der Waals surface area contributed by atoms with Crippen LogP contribution in [0, 0.1) is 5.92 Å². The van der Waals surface area contributed by atoms with Gasteiger partial charge in [0.15, 0.2) is 0 Å². The summed E-state index contributed by atoms with van der Waals surface area (Å²) in [5, 5.41) is 6.84. The van der Waals surface area contributed by atoms with Crippen molar-refractivity contribution in [2.45, 2.75) is 20.3 Å². The van der Waals surface area contributed by atoms with Crippen molar-refractivity contribution < 1.29 is 9.53 Å². The zero-order chi connectivity index (χ0) is 17.4. The van der Waals surface area contributed by atoms with E-state index in [9.17, 15) is 4.79 Å². The summed E-state index contributed by atoms with van der Waals surface area (Å²) in [6.45, 7) is 4.03. The molecule has 0 heterocycles. The molecule has 0 saturated heterocycles. The van der Waals surface area contributed by atoms with Gasteiger partial charge in [-0.05, 0) is 63.2 Å². The molecule has 0 aliphatic heterocycles. The number of esters is 1. The molecule has 4 aromatic rings. The fourth-order valence-electron chi connectivity index (χ4n) is 3.28. The molecule has 0 aliphatic carbocycles. The Morgan fingerprint density at radius 2 is 1.40 bits per heavy atom. The first-order valence-electron chi connectivity index (χ1n) is 8.66. The highest BCUT2D eigenvalue weighted by molar-refractivity contribution is 6.06. The maximum absolute atomic E-state index is 12.1. The predicted molar refractivity (Wildman–Crippen MR) is 104 cm³/mol. The molecule has 0 spiro atoms. The Morgan fingerprint density at radius 1 is 0.800 bits per heavy atom. The molecule has 0 aliphatic rings. The van der Waals surface area contributed by atoms with Crippen LogP contribution in [0.4, 0.5) is 0 Å². The second-order valence-corrected chi connectivity index (χ2v) is 6.95. The monoisotopic (exact) mass is 328 g/mol. The SMILES string of the molecule is CC(C)CC(=O)Oc1cccc2cc3cc4ccccc4cc3cc12. The van der Waals surface area contributed by atoms with Gasteiger partial charge in [0.05, 0.1) is 0 Å². The lowest BCUT2D eigenvalue weighted by Gasteiger charge is -2.11. The minimum Gasteiger partial charge on any atom is -0.426 e. The highest BCUT2D eigenvalue weighted by atomic mass is 16.5. The summed E-state index contributed by atoms with van der Waals surface area (Å²) in [6, 6.07) is 22.9. The Morgan fingerprint density at radius 3 is 2.08 bits per heavy atom. The minimum absolute atomic E-state index is 0.180. The maximum atomic E-state index is 12.1. The van der Waals surface area contributed by atoms with E-state index < -0.39 is 0 Å². The fraction of sp³-hybridized carbons (Fsp3) is 0.174. The Labute approximate surface area is 147 Å². The highest BCUT2D eigenvalue weighted by Gasteiger charge is 2.11. The standard InChI is InChI=1S/C23H20O2/c1-15(2)10-23(24)25-22-9-5-8-18-13-19-11-16-6-3-4-7-17(16)12-20(19)14-21(18)22/h3-9,11-15H,10H2,1-2H3. The zero-order valence-corrected chi connectivity index (χ0v) is 14.5. The second kappa shape index (κ2) is 6.21. The molecule has 25 heavy (non-hydrogen) atoms. The van der Waals surface area contributed by atoms with Gasteiger partial charge in [0.1, 0.15) is 5.75 Å². The lowest BCUT2D eigenvalue weighted by molar-refractivity contribution is -0.135. The third-order valence-electron chi connectivity index (χ3n) is 4.46. The molecule has 0 amide bonds. The number of fused-ring (bicyclic) bond motifs is 3. The van der Waals surface area contributed by atoms with Crippen molar-refractivity contribution >= 4 is 38.3 Å². The van der Waals surface area contributed by atoms with Crippen LogP contribution in [-0.2, 0) is 4.79 Å². The van der Waals surface area contributed by atoms with Crippen molar-refractivity contribution in [1.29, 1.82) is 0 Å². The summed E-state index contributed by atoms with van der Waals surface area (Å²) in [7, 11) is 0. The van der Waals surface area contributed by atoms with Gasteiger partial charge < -0.3 is 4.74 Å². The van der Waals surface area contributed by atoms with E-state index in [0.29, 0.717) is 12.2 Å². The average molecular weight is 328 g/mol. The molecule has 0 bridgehead atoms. The summed E-state index contributed by atoms with van der Waals surface area (Å²) in [5.41, 5.74) is 0. The van der Waals surface area contributed by atoms with Crippen molar-refractivity contribution in [3.8, 4) is 5.75 Å². The van der Waals surface area contributed by atoms with Crippen molar-refractivity contribution in [1.82, 2.24) is 0 Å². The molecular formula is C23H20O2. The third kappa shape index (κ3) is 3.08. The van der Waals surface area contributed by atoms with E-state index in [4.69, 9.17) is 4.74 Å². The normalized spacial score (nSPS) is 11.5. The van der Waals surface area contributed by atoms with Gasteiger partial charge in [0, 0.05) is 11.8 Å². The van der Waals surface area contributed by atoms with Gasteiger partial charge in [-0.2, -0.15) is 0 Å². The average Bonchev–Trinajstić information content (AvgIpc) is 2.58. The molecule has 0 atom stereocenters. The van der Waals surface area contributed by atoms with Gasteiger partial charge in [0.25, 0.3) is 0 Å². The molecule has 0 saturated carbocycles. The lowest BCUT2D eigenvalue weighted by atomic mass is 9.99. The van der Waals surface area contributed by atoms with Crippen LogP contribution in [0.15, 0.2) is 66.7 Å². The quantitative estimate of drug-likeness (QED) is 0.258. The molecule has 0 aromatic heterocycles. The van der Waals surface area contributed by atoms with Crippen molar-refractivity contribution in [2.75, 3.05) is 0 Å². The van der Waals surface area contributed by atoms with Crippen LogP contribution < -0.4 is 4.74 Å². The summed E-state index contributed by atoms with van der Waals surface area (Å²) in [5.74, 6) is 0.744. The number of hydrogen-bond donors (Lipinski definition) is 0. The van der Waals surface area contributed by atoms with Gasteiger partial charge in [-0.25, -0.2) is 0 Å². The molecule has 4 rings (SSSR count). The smallest absolute Gasteiger partial charge is 0.311 e. The first-order valence-corrected chi connectivity index (χ1v) is 8.66. The van der Waals surface area contributed by atoms with Crippen LogP contribution in [0.25, 0.3) is 32.3 Å². The van der Waals surface area contributed by atoms with E-state index in [1.54, 1.807) is 0 Å². The topological polar surface area (TPSA) is 26.3 Å². The van der Waals surface area contributed by atoms with Gasteiger partial charge >= 0.3 is 5.97 Å². The highest BCUT2D eigenvalue weighted by Crippen LogP contribution is 2.32. The fourth-order valence-corrected chi connectivity index (χ4v) is 3.28. The Hall–Kier alpha value is -2.87. The molecular weight excluding hydrogens is 308 g/mol. The Kier molecular flexibility index (Phi) is 3.89. The molecule has 2 nitrogen and oxygen atoms in total. The van der Waals surface area contributed by atoms with E-state index in [2.05, 4.69) is 48.5 Å². The van der Waals surface area contributed by atoms with E-state index in [-0.39, 0.29) is 11.9 Å². The molecule has 2 heteroatoms. The van der Waals surface area contributed by atoms with E-state index in [1.807, 2.05) is 32.0 Å². The van der Waals surface area contributed by atoms with Crippen molar-refractivity contribution in [3.05, 3.63) is 66.7 Å². The summed E-state index contributed by atoms with van der Waals surface area (Å²) in [6.07, 6.45) is 0.425.